The van der Waals surface area contributed by atoms with Crippen molar-refractivity contribution in [3.05, 3.63) is 71.8 Å². The smallest absolute Gasteiger partial charge is 0.131 e. The van der Waals surface area contributed by atoms with Crippen LogP contribution in [0.15, 0.2) is 60.7 Å². The maximum absolute atomic E-state index is 6.65. The van der Waals surface area contributed by atoms with Gasteiger partial charge in [-0.3, -0.25) is 0 Å². The van der Waals surface area contributed by atoms with Crippen LogP contribution < -0.4 is 20.9 Å². The number of ether oxygens (including phenoxy) is 2. The van der Waals surface area contributed by atoms with Gasteiger partial charge in [0.05, 0.1) is 0 Å². The lowest BCUT2D eigenvalue weighted by Gasteiger charge is -2.57. The van der Waals surface area contributed by atoms with Crippen LogP contribution in [0.2, 0.25) is 0 Å². The fraction of sp³-hybridized carbons (Fsp3) is 0.526. The Morgan fingerprint density at radius 2 is 0.786 bits per heavy atom. The van der Waals surface area contributed by atoms with Gasteiger partial charge in [0.25, 0.3) is 0 Å². The summed E-state index contributed by atoms with van der Waals surface area (Å²) in [5.41, 5.74) is 18.3. The molecule has 8 saturated carbocycles. The average molecular weight is 561 g/mol. The van der Waals surface area contributed by atoms with E-state index in [4.69, 9.17) is 20.9 Å². The van der Waals surface area contributed by atoms with Crippen molar-refractivity contribution < 1.29 is 9.47 Å². The molecule has 218 valence electrons. The predicted octanol–water partition coefficient (Wildman–Crippen LogP) is 9.37. The molecule has 0 aliphatic heterocycles. The van der Waals surface area contributed by atoms with E-state index >= 15 is 0 Å². The molecule has 4 heteroatoms. The van der Waals surface area contributed by atoms with Crippen LogP contribution in [-0.4, -0.2) is 0 Å². The van der Waals surface area contributed by atoms with Gasteiger partial charge in [0.2, 0.25) is 0 Å². The molecule has 0 unspecified atom stereocenters. The Morgan fingerprint density at radius 3 is 1.14 bits per heavy atom. The van der Waals surface area contributed by atoms with Crippen molar-refractivity contribution in [2.24, 2.45) is 35.5 Å². The van der Waals surface area contributed by atoms with E-state index in [0.717, 1.165) is 69.9 Å². The Labute approximate surface area is 250 Å². The Morgan fingerprint density at radius 1 is 0.452 bits per heavy atom. The van der Waals surface area contributed by atoms with E-state index in [1.807, 2.05) is 36.4 Å². The molecular weight excluding hydrogens is 516 g/mol. The normalized spacial score (nSPS) is 37.2. The van der Waals surface area contributed by atoms with Crippen molar-refractivity contribution in [3.8, 4) is 23.0 Å². The van der Waals surface area contributed by atoms with Gasteiger partial charge in [0.15, 0.2) is 0 Å². The largest absolute Gasteiger partial charge is 0.457 e. The van der Waals surface area contributed by atoms with E-state index in [1.54, 1.807) is 0 Å². The third kappa shape index (κ3) is 4.15. The van der Waals surface area contributed by atoms with Gasteiger partial charge in [-0.25, -0.2) is 0 Å². The SMILES string of the molecule is Nc1ccc(Oc2cccc(Oc3ccc(N)c(C45CC6CC(CC(C6)C4)C5)c3)c2)cc1C12CC3CC(CC(C3)C1)C2. The number of rotatable bonds is 6. The molecule has 4 nitrogen and oxygen atoms in total. The summed E-state index contributed by atoms with van der Waals surface area (Å²) < 4.78 is 12.9. The number of nitrogen functional groups attached to an aromatic ring is 2. The number of anilines is 2. The first-order chi connectivity index (χ1) is 20.4. The van der Waals surface area contributed by atoms with Crippen LogP contribution in [-0.2, 0) is 10.8 Å². The third-order valence-electron chi connectivity index (χ3n) is 12.5. The highest BCUT2D eigenvalue weighted by Gasteiger charge is 2.53. The third-order valence-corrected chi connectivity index (χ3v) is 12.5. The molecule has 0 amide bonds. The zero-order valence-corrected chi connectivity index (χ0v) is 24.7. The minimum Gasteiger partial charge on any atom is -0.457 e. The standard InChI is InChI=1S/C38H44N2O2/c39-35-6-4-31(15-33(35)37-17-23-8-24(18-37)10-25(9-23)19-37)41-29-2-1-3-30(14-29)42-32-5-7-36(40)34(16-32)38-20-26-11-27(21-38)13-28(12-26)22-38/h1-7,14-16,23-28H,8-13,17-22,39-40H2. The summed E-state index contributed by atoms with van der Waals surface area (Å²) in [6, 6.07) is 20.7. The van der Waals surface area contributed by atoms with Crippen LogP contribution in [0.1, 0.15) is 88.2 Å². The summed E-state index contributed by atoms with van der Waals surface area (Å²) in [5.74, 6) is 8.58. The maximum Gasteiger partial charge on any atom is 0.131 e. The lowest BCUT2D eigenvalue weighted by Crippen LogP contribution is -2.48. The lowest BCUT2D eigenvalue weighted by molar-refractivity contribution is -0.00502. The fourth-order valence-electron chi connectivity index (χ4n) is 11.9. The molecule has 3 aromatic carbocycles. The summed E-state index contributed by atoms with van der Waals surface area (Å²) in [4.78, 5) is 0. The molecule has 8 aliphatic rings. The maximum atomic E-state index is 6.65. The topological polar surface area (TPSA) is 70.5 Å². The zero-order valence-electron chi connectivity index (χ0n) is 24.7. The summed E-state index contributed by atoms with van der Waals surface area (Å²) in [6.07, 6.45) is 16.4. The molecule has 0 saturated heterocycles. The molecule has 3 aromatic rings. The second-order valence-corrected chi connectivity index (χ2v) is 15.6. The Balaban J connectivity index is 0.959. The second-order valence-electron chi connectivity index (χ2n) is 15.6. The molecule has 0 radical (unpaired) electrons. The molecule has 0 atom stereocenters. The predicted molar refractivity (Wildman–Crippen MR) is 168 cm³/mol. The van der Waals surface area contributed by atoms with E-state index in [2.05, 4.69) is 24.3 Å². The van der Waals surface area contributed by atoms with Crippen molar-refractivity contribution in [1.29, 1.82) is 0 Å². The molecule has 8 aliphatic carbocycles. The summed E-state index contributed by atoms with van der Waals surface area (Å²) >= 11 is 0. The van der Waals surface area contributed by atoms with Crippen molar-refractivity contribution in [3.63, 3.8) is 0 Å². The molecule has 0 spiro atoms. The Kier molecular flexibility index (Phi) is 5.54. The quantitative estimate of drug-likeness (QED) is 0.295. The van der Waals surface area contributed by atoms with Crippen molar-refractivity contribution in [2.45, 2.75) is 87.9 Å². The molecule has 11 rings (SSSR count). The van der Waals surface area contributed by atoms with Gasteiger partial charge in [-0.05, 0) is 183 Å². The van der Waals surface area contributed by atoms with Crippen LogP contribution in [0.5, 0.6) is 23.0 Å². The molecule has 42 heavy (non-hydrogen) atoms. The summed E-state index contributed by atoms with van der Waals surface area (Å²) in [7, 11) is 0. The molecular formula is C38H44N2O2. The lowest BCUT2D eigenvalue weighted by atomic mass is 9.48. The highest BCUT2D eigenvalue weighted by Crippen LogP contribution is 2.63. The summed E-state index contributed by atoms with van der Waals surface area (Å²) in [5, 5.41) is 0. The van der Waals surface area contributed by atoms with Crippen molar-refractivity contribution in [1.82, 2.24) is 0 Å². The van der Waals surface area contributed by atoms with Crippen LogP contribution >= 0.6 is 0 Å². The highest BCUT2D eigenvalue weighted by atomic mass is 16.5. The second kappa shape index (κ2) is 9.18. The van der Waals surface area contributed by atoms with Crippen LogP contribution in [0.25, 0.3) is 0 Å². The summed E-state index contributed by atoms with van der Waals surface area (Å²) in [6.45, 7) is 0. The van der Waals surface area contributed by atoms with Crippen molar-refractivity contribution in [2.75, 3.05) is 11.5 Å². The molecule has 8 bridgehead atoms. The van der Waals surface area contributed by atoms with Crippen LogP contribution in [0.3, 0.4) is 0 Å². The minimum atomic E-state index is 0.243. The van der Waals surface area contributed by atoms with Crippen LogP contribution in [0, 0.1) is 35.5 Å². The minimum absolute atomic E-state index is 0.243. The van der Waals surface area contributed by atoms with Gasteiger partial charge in [-0.2, -0.15) is 0 Å². The molecule has 4 N–H and O–H groups in total. The van der Waals surface area contributed by atoms with Gasteiger partial charge in [-0.15, -0.1) is 0 Å². The fourth-order valence-corrected chi connectivity index (χ4v) is 11.9. The van der Waals surface area contributed by atoms with Gasteiger partial charge in [-0.1, -0.05) is 6.07 Å². The number of hydrogen-bond acceptors (Lipinski definition) is 4. The highest BCUT2D eigenvalue weighted by molar-refractivity contribution is 5.57. The van der Waals surface area contributed by atoms with Crippen molar-refractivity contribution >= 4 is 11.4 Å². The van der Waals surface area contributed by atoms with Crippen LogP contribution in [0.4, 0.5) is 11.4 Å². The molecule has 0 aromatic heterocycles. The number of benzene rings is 3. The zero-order chi connectivity index (χ0) is 28.1. The van der Waals surface area contributed by atoms with Gasteiger partial charge in [0, 0.05) is 17.4 Å². The number of hydrogen-bond donors (Lipinski definition) is 2. The van der Waals surface area contributed by atoms with E-state index in [-0.39, 0.29) is 10.8 Å². The van der Waals surface area contributed by atoms with E-state index in [0.29, 0.717) is 0 Å². The van der Waals surface area contributed by atoms with Gasteiger partial charge >= 0.3 is 0 Å². The first-order valence-electron chi connectivity index (χ1n) is 16.7. The van der Waals surface area contributed by atoms with Gasteiger partial charge < -0.3 is 20.9 Å². The Hall–Kier alpha value is -3.14. The Bertz CT molecular complexity index is 1360. The average Bonchev–Trinajstić information content (AvgIpc) is 2.94. The molecule has 0 heterocycles. The first kappa shape index (κ1) is 25.4. The van der Waals surface area contributed by atoms with Gasteiger partial charge in [0.1, 0.15) is 23.0 Å². The van der Waals surface area contributed by atoms with E-state index < -0.39 is 0 Å². The first-order valence-corrected chi connectivity index (χ1v) is 16.7. The monoisotopic (exact) mass is 560 g/mol. The number of nitrogens with two attached hydrogens (primary N) is 2. The van der Waals surface area contributed by atoms with E-state index in [1.165, 1.54) is 88.2 Å². The molecule has 8 fully saturated rings. The van der Waals surface area contributed by atoms with E-state index in [9.17, 15) is 0 Å².